The quantitative estimate of drug-likeness (QED) is 0.483. The van der Waals surface area contributed by atoms with Crippen LogP contribution in [0.1, 0.15) is 19.8 Å². The second kappa shape index (κ2) is 6.07. The summed E-state index contributed by atoms with van der Waals surface area (Å²) in [7, 11) is -0.950. The number of amidine groups is 1. The van der Waals surface area contributed by atoms with Crippen molar-refractivity contribution in [2.75, 3.05) is 25.6 Å². The third-order valence-electron chi connectivity index (χ3n) is 2.29. The first-order valence-corrected chi connectivity index (χ1v) is 6.99. The third-order valence-corrected chi connectivity index (χ3v) is 3.32. The Morgan fingerprint density at radius 3 is 2.47 bits per heavy atom. The monoisotopic (exact) mass is 235 g/mol. The molecule has 5 nitrogen and oxygen atoms in total. The number of hydrogen-bond acceptors (Lipinski definition) is 4. The van der Waals surface area contributed by atoms with Crippen LogP contribution >= 0.6 is 0 Å². The molecule has 0 saturated carbocycles. The van der Waals surface area contributed by atoms with Crippen LogP contribution in [0.5, 0.6) is 0 Å². The molecule has 0 aliphatic heterocycles. The van der Waals surface area contributed by atoms with E-state index < -0.39 is 9.84 Å². The van der Waals surface area contributed by atoms with E-state index in [1.807, 2.05) is 18.9 Å². The van der Waals surface area contributed by atoms with Crippen molar-refractivity contribution in [2.45, 2.75) is 25.8 Å². The second-order valence-electron chi connectivity index (χ2n) is 4.04. The number of nitrogens with one attached hydrogen (secondary N) is 1. The zero-order valence-corrected chi connectivity index (χ0v) is 10.5. The zero-order chi connectivity index (χ0) is 12.1. The first kappa shape index (κ1) is 14.4. The van der Waals surface area contributed by atoms with Gasteiger partial charge in [0, 0.05) is 18.7 Å². The van der Waals surface area contributed by atoms with Gasteiger partial charge in [-0.05, 0) is 26.9 Å². The lowest BCUT2D eigenvalue weighted by atomic mass is 10.2. The molecule has 3 N–H and O–H groups in total. The lowest BCUT2D eigenvalue weighted by Gasteiger charge is -2.23. The Morgan fingerprint density at radius 1 is 1.53 bits per heavy atom. The smallest absolute Gasteiger partial charge is 0.147 e. The summed E-state index contributed by atoms with van der Waals surface area (Å²) >= 11 is 0. The highest BCUT2D eigenvalue weighted by atomic mass is 32.2. The summed E-state index contributed by atoms with van der Waals surface area (Å²) in [4.78, 5) is 2.02. The van der Waals surface area contributed by atoms with E-state index >= 15 is 0 Å². The highest BCUT2D eigenvalue weighted by Crippen LogP contribution is 2.02. The lowest BCUT2D eigenvalue weighted by molar-refractivity contribution is 0.263. The van der Waals surface area contributed by atoms with Gasteiger partial charge < -0.3 is 10.6 Å². The van der Waals surface area contributed by atoms with Gasteiger partial charge >= 0.3 is 0 Å². The topological polar surface area (TPSA) is 87.2 Å². The highest BCUT2D eigenvalue weighted by molar-refractivity contribution is 7.90. The Kier molecular flexibility index (Phi) is 5.82. The molecule has 1 unspecified atom stereocenters. The Bertz CT molecular complexity index is 300. The highest BCUT2D eigenvalue weighted by Gasteiger charge is 2.11. The molecule has 6 heteroatoms. The van der Waals surface area contributed by atoms with E-state index in [1.165, 1.54) is 6.26 Å². The molecule has 0 aromatic rings. The van der Waals surface area contributed by atoms with Gasteiger partial charge in [0.2, 0.25) is 0 Å². The number of hydrogen-bond donors (Lipinski definition) is 2. The number of nitrogens with zero attached hydrogens (tertiary/aromatic N) is 1. The molecule has 0 saturated heterocycles. The van der Waals surface area contributed by atoms with E-state index in [9.17, 15) is 8.42 Å². The van der Waals surface area contributed by atoms with E-state index in [0.29, 0.717) is 19.4 Å². The van der Waals surface area contributed by atoms with Crippen LogP contribution in [0.2, 0.25) is 0 Å². The summed E-state index contributed by atoms with van der Waals surface area (Å²) in [5, 5.41) is 7.15. The van der Waals surface area contributed by atoms with Gasteiger partial charge in [-0.25, -0.2) is 8.42 Å². The average Bonchev–Trinajstić information content (AvgIpc) is 2.00. The normalized spacial score (nSPS) is 14.1. The second-order valence-corrected chi connectivity index (χ2v) is 6.30. The molecule has 0 fully saturated rings. The van der Waals surface area contributed by atoms with E-state index in [1.54, 1.807) is 0 Å². The van der Waals surface area contributed by atoms with Gasteiger partial charge in [-0.15, -0.1) is 0 Å². The number of rotatable bonds is 7. The molecule has 90 valence electrons. The fraction of sp³-hybridized carbons (Fsp3) is 0.889. The Labute approximate surface area is 92.1 Å². The predicted molar refractivity (Wildman–Crippen MR) is 63.0 cm³/mol. The van der Waals surface area contributed by atoms with Crippen molar-refractivity contribution in [3.63, 3.8) is 0 Å². The summed E-state index contributed by atoms with van der Waals surface area (Å²) in [6, 6.07) is 0.182. The van der Waals surface area contributed by atoms with Crippen LogP contribution in [-0.2, 0) is 9.84 Å². The number of sulfone groups is 1. The van der Waals surface area contributed by atoms with Gasteiger partial charge in [-0.3, -0.25) is 5.41 Å². The fourth-order valence-electron chi connectivity index (χ4n) is 1.27. The molecule has 1 atom stereocenters. The Balaban J connectivity index is 3.83. The molecule has 15 heavy (non-hydrogen) atoms. The molecule has 0 amide bonds. The average molecular weight is 235 g/mol. The maximum absolute atomic E-state index is 10.9. The van der Waals surface area contributed by atoms with E-state index in [2.05, 4.69) is 0 Å². The van der Waals surface area contributed by atoms with Crippen LogP contribution in [-0.4, -0.2) is 50.8 Å². The first-order chi connectivity index (χ1) is 6.72. The van der Waals surface area contributed by atoms with Crippen molar-refractivity contribution < 1.29 is 8.42 Å². The van der Waals surface area contributed by atoms with Crippen LogP contribution in [0.15, 0.2) is 0 Å². The van der Waals surface area contributed by atoms with E-state index in [0.717, 1.165) is 0 Å². The van der Waals surface area contributed by atoms with Crippen molar-refractivity contribution in [2.24, 2.45) is 5.73 Å². The first-order valence-electron chi connectivity index (χ1n) is 4.93. The van der Waals surface area contributed by atoms with Crippen molar-refractivity contribution in [3.05, 3.63) is 0 Å². The molecule has 0 aromatic heterocycles. The third kappa shape index (κ3) is 8.38. The molecule has 0 heterocycles. The van der Waals surface area contributed by atoms with Gasteiger partial charge in [0.1, 0.15) is 9.84 Å². The van der Waals surface area contributed by atoms with Crippen LogP contribution in [0.4, 0.5) is 0 Å². The molecule has 0 aliphatic carbocycles. The van der Waals surface area contributed by atoms with E-state index in [-0.39, 0.29) is 17.6 Å². The van der Waals surface area contributed by atoms with Crippen LogP contribution in [0.3, 0.4) is 0 Å². The van der Waals surface area contributed by atoms with Crippen molar-refractivity contribution in [1.82, 2.24) is 4.90 Å². The molecule has 0 rings (SSSR count). The minimum Gasteiger partial charge on any atom is -0.388 e. The largest absolute Gasteiger partial charge is 0.388 e. The van der Waals surface area contributed by atoms with Crippen molar-refractivity contribution >= 4 is 15.7 Å². The fourth-order valence-corrected chi connectivity index (χ4v) is 1.92. The van der Waals surface area contributed by atoms with Gasteiger partial charge in [0.05, 0.1) is 11.6 Å². The van der Waals surface area contributed by atoms with Crippen LogP contribution in [0.25, 0.3) is 0 Å². The molecular weight excluding hydrogens is 214 g/mol. The maximum Gasteiger partial charge on any atom is 0.147 e. The van der Waals surface area contributed by atoms with Gasteiger partial charge in [-0.1, -0.05) is 0 Å². The van der Waals surface area contributed by atoms with Gasteiger partial charge in [0.15, 0.2) is 0 Å². The van der Waals surface area contributed by atoms with Crippen LogP contribution in [0, 0.1) is 5.41 Å². The predicted octanol–water partition coefficient (Wildman–Crippen LogP) is 0.0675. The Morgan fingerprint density at radius 2 is 2.07 bits per heavy atom. The summed E-state index contributed by atoms with van der Waals surface area (Å²) in [6.45, 7) is 2.68. The molecule has 0 radical (unpaired) electrons. The van der Waals surface area contributed by atoms with Gasteiger partial charge in [0.25, 0.3) is 0 Å². The van der Waals surface area contributed by atoms with E-state index in [4.69, 9.17) is 11.1 Å². The SMILES string of the molecule is CC(CC(=N)N)N(C)CCCS(C)(=O)=O. The molecule has 0 aliphatic rings. The molecular formula is C9H21N3O2S. The van der Waals surface area contributed by atoms with Crippen LogP contribution < -0.4 is 5.73 Å². The molecule has 0 aromatic carbocycles. The lowest BCUT2D eigenvalue weighted by Crippen LogP contribution is -2.34. The molecule has 0 bridgehead atoms. The summed E-state index contributed by atoms with van der Waals surface area (Å²) in [5.74, 6) is 0.377. The standard InChI is InChI=1S/C9H21N3O2S/c1-8(7-9(10)11)12(2)5-4-6-15(3,13)14/h8H,4-7H2,1-3H3,(H3,10,11). The zero-order valence-electron chi connectivity index (χ0n) is 9.66. The summed E-state index contributed by atoms with van der Waals surface area (Å²) in [5.41, 5.74) is 5.29. The van der Waals surface area contributed by atoms with Gasteiger partial charge in [-0.2, -0.15) is 0 Å². The summed E-state index contributed by atoms with van der Waals surface area (Å²) in [6.07, 6.45) is 2.39. The minimum atomic E-state index is -2.86. The molecule has 0 spiro atoms. The van der Waals surface area contributed by atoms with Crippen molar-refractivity contribution in [1.29, 1.82) is 5.41 Å². The maximum atomic E-state index is 10.9. The Hall–Kier alpha value is -0.620. The van der Waals surface area contributed by atoms with Crippen molar-refractivity contribution in [3.8, 4) is 0 Å². The minimum absolute atomic E-state index is 0.164. The number of nitrogens with two attached hydrogens (primary N) is 1. The summed E-state index contributed by atoms with van der Waals surface area (Å²) < 4.78 is 21.8.